The van der Waals surface area contributed by atoms with Crippen LogP contribution in [0.2, 0.25) is 0 Å². The lowest BCUT2D eigenvalue weighted by molar-refractivity contribution is -0.153. The lowest BCUT2D eigenvalue weighted by atomic mass is 9.89. The van der Waals surface area contributed by atoms with Crippen LogP contribution in [-0.2, 0) is 9.53 Å². The third-order valence-electron chi connectivity index (χ3n) is 6.37. The number of carbonyl (C=O) groups excluding carboxylic acids is 2. The Morgan fingerprint density at radius 2 is 1.86 bits per heavy atom. The minimum absolute atomic E-state index is 0.00437. The smallest absolute Gasteiger partial charge is 0.251 e. The highest BCUT2D eigenvalue weighted by atomic mass is 19.2. The molecular formula is C21H27F2N3O3. The fourth-order valence-corrected chi connectivity index (χ4v) is 4.38. The van der Waals surface area contributed by atoms with Gasteiger partial charge in [-0.05, 0) is 43.9 Å². The van der Waals surface area contributed by atoms with Crippen molar-refractivity contribution in [3.05, 3.63) is 35.4 Å². The molecule has 1 atom stereocenters. The zero-order valence-corrected chi connectivity index (χ0v) is 16.4. The first-order chi connectivity index (χ1) is 14.0. The van der Waals surface area contributed by atoms with Gasteiger partial charge in [-0.2, -0.15) is 0 Å². The van der Waals surface area contributed by atoms with E-state index in [2.05, 4.69) is 10.2 Å². The zero-order valence-electron chi connectivity index (χ0n) is 16.4. The van der Waals surface area contributed by atoms with E-state index in [0.717, 1.165) is 44.1 Å². The normalized spacial score (nSPS) is 24.4. The largest absolute Gasteiger partial charge is 0.365 e. The molecule has 2 heterocycles. The molecule has 2 amide bonds. The summed E-state index contributed by atoms with van der Waals surface area (Å²) in [7, 11) is 0. The van der Waals surface area contributed by atoms with E-state index in [9.17, 15) is 18.4 Å². The highest BCUT2D eigenvalue weighted by molar-refractivity contribution is 5.94. The number of likely N-dealkylation sites (tertiary alicyclic amines) is 1. The van der Waals surface area contributed by atoms with Gasteiger partial charge in [0, 0.05) is 43.8 Å². The van der Waals surface area contributed by atoms with Gasteiger partial charge in [0.25, 0.3) is 5.91 Å². The van der Waals surface area contributed by atoms with Crippen LogP contribution in [0.25, 0.3) is 0 Å². The number of rotatable bonds is 5. The molecule has 4 rings (SSSR count). The van der Waals surface area contributed by atoms with Gasteiger partial charge in [-0.15, -0.1) is 0 Å². The van der Waals surface area contributed by atoms with E-state index < -0.39 is 17.5 Å². The van der Waals surface area contributed by atoms with E-state index in [4.69, 9.17) is 4.74 Å². The molecule has 3 fully saturated rings. The zero-order chi connectivity index (χ0) is 20.4. The molecule has 2 saturated heterocycles. The molecule has 0 radical (unpaired) electrons. The van der Waals surface area contributed by atoms with E-state index >= 15 is 0 Å². The SMILES string of the molecule is O=C(NC[C@@H]1CN(C2CCN(C3CCC3)CC2)C(=O)CO1)c1ccc(F)c(F)c1. The summed E-state index contributed by atoms with van der Waals surface area (Å²) in [6, 6.07) is 3.99. The van der Waals surface area contributed by atoms with Gasteiger partial charge in [-0.1, -0.05) is 6.42 Å². The lowest BCUT2D eigenvalue weighted by Gasteiger charge is -2.45. The summed E-state index contributed by atoms with van der Waals surface area (Å²) in [5, 5.41) is 2.69. The Morgan fingerprint density at radius 3 is 2.52 bits per heavy atom. The molecule has 158 valence electrons. The highest BCUT2D eigenvalue weighted by Gasteiger charge is 2.35. The van der Waals surface area contributed by atoms with E-state index in [1.54, 1.807) is 0 Å². The molecule has 1 aromatic carbocycles. The number of nitrogens with one attached hydrogen (secondary N) is 1. The van der Waals surface area contributed by atoms with Crippen LogP contribution in [0.4, 0.5) is 8.78 Å². The van der Waals surface area contributed by atoms with Gasteiger partial charge < -0.3 is 19.9 Å². The van der Waals surface area contributed by atoms with Crippen molar-refractivity contribution in [3.63, 3.8) is 0 Å². The van der Waals surface area contributed by atoms with Gasteiger partial charge in [0.2, 0.25) is 5.91 Å². The number of ether oxygens (including phenoxy) is 1. The highest BCUT2D eigenvalue weighted by Crippen LogP contribution is 2.29. The third-order valence-corrected chi connectivity index (χ3v) is 6.37. The number of amides is 2. The third kappa shape index (κ3) is 4.59. The Hall–Kier alpha value is -2.06. The number of benzene rings is 1. The van der Waals surface area contributed by atoms with Crippen molar-refractivity contribution in [3.8, 4) is 0 Å². The molecule has 0 aromatic heterocycles. The molecule has 3 aliphatic rings. The minimum Gasteiger partial charge on any atom is -0.365 e. The summed E-state index contributed by atoms with van der Waals surface area (Å²) in [4.78, 5) is 29.0. The summed E-state index contributed by atoms with van der Waals surface area (Å²) in [6.45, 7) is 2.71. The average Bonchev–Trinajstić information content (AvgIpc) is 2.68. The van der Waals surface area contributed by atoms with E-state index in [0.29, 0.717) is 6.54 Å². The van der Waals surface area contributed by atoms with E-state index in [-0.39, 0.29) is 36.8 Å². The van der Waals surface area contributed by atoms with Crippen molar-refractivity contribution in [1.82, 2.24) is 15.1 Å². The monoisotopic (exact) mass is 407 g/mol. The van der Waals surface area contributed by atoms with Crippen LogP contribution in [0.15, 0.2) is 18.2 Å². The van der Waals surface area contributed by atoms with Crippen molar-refractivity contribution in [1.29, 1.82) is 0 Å². The minimum atomic E-state index is -1.06. The van der Waals surface area contributed by atoms with Gasteiger partial charge in [0.05, 0.1) is 6.10 Å². The van der Waals surface area contributed by atoms with Crippen molar-refractivity contribution in [2.24, 2.45) is 0 Å². The van der Waals surface area contributed by atoms with Crippen molar-refractivity contribution in [2.45, 2.75) is 50.3 Å². The van der Waals surface area contributed by atoms with E-state index in [1.807, 2.05) is 4.90 Å². The van der Waals surface area contributed by atoms with Gasteiger partial charge >= 0.3 is 0 Å². The molecule has 0 unspecified atom stereocenters. The maximum atomic E-state index is 13.3. The van der Waals surface area contributed by atoms with Gasteiger partial charge in [0.1, 0.15) is 6.61 Å². The standard InChI is InChI=1S/C21H27F2N3O3/c22-18-5-4-14(10-19(18)23)21(28)24-11-17-12-26(20(27)13-29-17)16-6-8-25(9-7-16)15-2-1-3-15/h4-5,10,15-17H,1-3,6-9,11-13H2,(H,24,28)/t17-/m1/s1. The second-order valence-corrected chi connectivity index (χ2v) is 8.17. The number of morpholine rings is 1. The first-order valence-corrected chi connectivity index (χ1v) is 10.4. The topological polar surface area (TPSA) is 61.9 Å². The number of carbonyl (C=O) groups is 2. The molecule has 0 bridgehead atoms. The van der Waals surface area contributed by atoms with Crippen LogP contribution < -0.4 is 5.32 Å². The average molecular weight is 407 g/mol. The van der Waals surface area contributed by atoms with Crippen LogP contribution in [-0.4, -0.2) is 72.6 Å². The lowest BCUT2D eigenvalue weighted by Crippen LogP contribution is -2.57. The Morgan fingerprint density at radius 1 is 1.10 bits per heavy atom. The Balaban J connectivity index is 1.27. The molecule has 2 aliphatic heterocycles. The predicted molar refractivity (Wildman–Crippen MR) is 102 cm³/mol. The second-order valence-electron chi connectivity index (χ2n) is 8.17. The Labute approximate surface area is 169 Å². The molecule has 1 saturated carbocycles. The second kappa shape index (κ2) is 8.75. The Bertz CT molecular complexity index is 764. The fraction of sp³-hybridized carbons (Fsp3) is 0.619. The van der Waals surface area contributed by atoms with Crippen LogP contribution in [0.1, 0.15) is 42.5 Å². The number of hydrogen-bond donors (Lipinski definition) is 1. The van der Waals surface area contributed by atoms with Gasteiger partial charge in [-0.25, -0.2) is 8.78 Å². The maximum absolute atomic E-state index is 13.3. The van der Waals surface area contributed by atoms with Gasteiger partial charge in [0.15, 0.2) is 11.6 Å². The van der Waals surface area contributed by atoms with Crippen molar-refractivity contribution < 1.29 is 23.1 Å². The van der Waals surface area contributed by atoms with Crippen molar-refractivity contribution in [2.75, 3.05) is 32.8 Å². The van der Waals surface area contributed by atoms with E-state index in [1.165, 1.54) is 25.3 Å². The summed E-state index contributed by atoms with van der Waals surface area (Å²) >= 11 is 0. The molecule has 1 N–H and O–H groups in total. The summed E-state index contributed by atoms with van der Waals surface area (Å²) in [5.74, 6) is -2.55. The molecule has 1 aromatic rings. The summed E-state index contributed by atoms with van der Waals surface area (Å²) < 4.78 is 31.9. The Kier molecular flexibility index (Phi) is 6.10. The van der Waals surface area contributed by atoms with Crippen LogP contribution >= 0.6 is 0 Å². The molecule has 1 aliphatic carbocycles. The number of hydrogen-bond acceptors (Lipinski definition) is 4. The fourth-order valence-electron chi connectivity index (χ4n) is 4.38. The van der Waals surface area contributed by atoms with Gasteiger partial charge in [-0.3, -0.25) is 9.59 Å². The quantitative estimate of drug-likeness (QED) is 0.811. The molecule has 8 heteroatoms. The maximum Gasteiger partial charge on any atom is 0.251 e. The van der Waals surface area contributed by atoms with Crippen LogP contribution in [0, 0.1) is 11.6 Å². The molecule has 6 nitrogen and oxygen atoms in total. The van der Waals surface area contributed by atoms with Crippen LogP contribution in [0.5, 0.6) is 0 Å². The first kappa shape index (κ1) is 20.2. The van der Waals surface area contributed by atoms with Crippen molar-refractivity contribution >= 4 is 11.8 Å². The summed E-state index contributed by atoms with van der Waals surface area (Å²) in [6.07, 6.45) is 5.53. The number of halogens is 2. The predicted octanol–water partition coefficient (Wildman–Crippen LogP) is 1.94. The number of piperidine rings is 1. The van der Waals surface area contributed by atoms with Crippen LogP contribution in [0.3, 0.4) is 0 Å². The molecule has 29 heavy (non-hydrogen) atoms. The molecular weight excluding hydrogens is 380 g/mol. The first-order valence-electron chi connectivity index (χ1n) is 10.4. The molecule has 0 spiro atoms. The number of nitrogens with zero attached hydrogens (tertiary/aromatic N) is 2. The summed E-state index contributed by atoms with van der Waals surface area (Å²) in [5.41, 5.74) is 0.0519.